The van der Waals surface area contributed by atoms with Gasteiger partial charge in [-0.2, -0.15) is 0 Å². The number of piperidine rings is 1. The third kappa shape index (κ3) is 4.85. The highest BCUT2D eigenvalue weighted by molar-refractivity contribution is 6.35. The fourth-order valence-electron chi connectivity index (χ4n) is 5.56. The maximum absolute atomic E-state index is 13.7. The molecule has 1 saturated heterocycles. The summed E-state index contributed by atoms with van der Waals surface area (Å²) in [4.78, 5) is 40.7. The number of aromatic amines is 2. The lowest BCUT2D eigenvalue weighted by atomic mass is 9.96. The first-order valence-electron chi connectivity index (χ1n) is 13.5. The number of likely N-dealkylation sites (tertiary alicyclic amines) is 1. The number of anilines is 1. The van der Waals surface area contributed by atoms with Crippen LogP contribution in [-0.4, -0.2) is 53.8 Å². The zero-order valence-corrected chi connectivity index (χ0v) is 23.7. The van der Waals surface area contributed by atoms with Gasteiger partial charge in [-0.05, 0) is 62.2 Å². The van der Waals surface area contributed by atoms with E-state index in [0.717, 1.165) is 51.9 Å². The molecule has 0 bridgehead atoms. The molecule has 41 heavy (non-hydrogen) atoms. The number of benzene rings is 3. The topological polar surface area (TPSA) is 115 Å². The van der Waals surface area contributed by atoms with Crippen molar-refractivity contribution < 1.29 is 4.79 Å². The molecule has 0 radical (unpaired) electrons. The molecular weight excluding hydrogens is 559 g/mol. The molecule has 1 amide bonds. The number of para-hydroxylation sites is 2. The monoisotopic (exact) mass is 584 g/mol. The Morgan fingerprint density at radius 1 is 1.00 bits per heavy atom. The van der Waals surface area contributed by atoms with Crippen LogP contribution in [0.15, 0.2) is 60.9 Å². The summed E-state index contributed by atoms with van der Waals surface area (Å²) in [7, 11) is 0. The van der Waals surface area contributed by atoms with E-state index >= 15 is 0 Å². The molecule has 7 rings (SSSR count). The minimum absolute atomic E-state index is 0.111. The van der Waals surface area contributed by atoms with Crippen LogP contribution >= 0.6 is 23.2 Å². The molecule has 0 unspecified atom stereocenters. The molecular formula is C30H26Cl2N8O. The van der Waals surface area contributed by atoms with Crippen molar-refractivity contribution in [2.75, 3.05) is 18.4 Å². The SMILES string of the molecule is C[C@H](Nc1ncnc2cc(C(=O)N3CCC[C@@H](c4nc5ccccc5[nH]4)C3)c(Cl)cc12)c1nc2ccc(Cl)cc2[nH]1. The average molecular weight is 585 g/mol. The Kier molecular flexibility index (Phi) is 6.48. The van der Waals surface area contributed by atoms with Gasteiger partial charge in [0.25, 0.3) is 5.91 Å². The number of H-pyrrole nitrogens is 2. The lowest BCUT2D eigenvalue weighted by Gasteiger charge is -2.32. The van der Waals surface area contributed by atoms with Gasteiger partial charge in [0, 0.05) is 29.4 Å². The Morgan fingerprint density at radius 3 is 2.73 bits per heavy atom. The summed E-state index contributed by atoms with van der Waals surface area (Å²) in [5.74, 6) is 2.28. The molecule has 1 fully saturated rings. The maximum Gasteiger partial charge on any atom is 0.255 e. The van der Waals surface area contributed by atoms with Gasteiger partial charge in [0.2, 0.25) is 0 Å². The van der Waals surface area contributed by atoms with Crippen molar-refractivity contribution >= 4 is 67.9 Å². The van der Waals surface area contributed by atoms with Crippen molar-refractivity contribution in [3.8, 4) is 0 Å². The number of carbonyl (C=O) groups excluding carboxylic acids is 1. The number of halogens is 2. The Balaban J connectivity index is 1.13. The highest BCUT2D eigenvalue weighted by Crippen LogP contribution is 2.32. The molecule has 2 atom stereocenters. The number of carbonyl (C=O) groups is 1. The molecule has 1 aliphatic rings. The van der Waals surface area contributed by atoms with E-state index in [4.69, 9.17) is 28.2 Å². The molecule has 6 aromatic rings. The van der Waals surface area contributed by atoms with Crippen molar-refractivity contribution in [1.82, 2.24) is 34.8 Å². The fourth-order valence-corrected chi connectivity index (χ4v) is 5.97. The molecule has 3 aromatic heterocycles. The van der Waals surface area contributed by atoms with Gasteiger partial charge < -0.3 is 20.2 Å². The molecule has 3 N–H and O–H groups in total. The van der Waals surface area contributed by atoms with Crippen LogP contribution in [0.1, 0.15) is 53.7 Å². The van der Waals surface area contributed by atoms with E-state index in [0.29, 0.717) is 40.0 Å². The van der Waals surface area contributed by atoms with Gasteiger partial charge >= 0.3 is 0 Å². The van der Waals surface area contributed by atoms with Gasteiger partial charge in [-0.15, -0.1) is 0 Å². The lowest BCUT2D eigenvalue weighted by Crippen LogP contribution is -2.39. The summed E-state index contributed by atoms with van der Waals surface area (Å²) < 4.78 is 0. The number of rotatable bonds is 5. The standard InChI is InChI=1S/C30H26Cl2N8O/c1-16(27-36-24-9-8-18(31)11-26(24)39-27)35-29-20-12-21(32)19(13-25(20)33-15-34-29)30(41)40-10-4-5-17(14-40)28-37-22-6-2-3-7-23(22)38-28/h2-3,6-9,11-13,15-17H,4-5,10,14H2,1H3,(H,36,39)(H,37,38)(H,33,34,35)/t16-,17+/m0/s1. The largest absolute Gasteiger partial charge is 0.360 e. The molecule has 1 aliphatic heterocycles. The quantitative estimate of drug-likeness (QED) is 0.203. The highest BCUT2D eigenvalue weighted by atomic mass is 35.5. The van der Waals surface area contributed by atoms with Crippen LogP contribution < -0.4 is 5.32 Å². The third-order valence-corrected chi connectivity index (χ3v) is 8.23. The molecule has 3 aromatic carbocycles. The first-order valence-corrected chi connectivity index (χ1v) is 14.3. The van der Waals surface area contributed by atoms with E-state index < -0.39 is 0 Å². The van der Waals surface area contributed by atoms with Crippen molar-refractivity contribution in [2.45, 2.75) is 31.7 Å². The minimum Gasteiger partial charge on any atom is -0.360 e. The summed E-state index contributed by atoms with van der Waals surface area (Å²) in [6, 6.07) is 16.8. The number of amides is 1. The fraction of sp³-hybridized carbons (Fsp3) is 0.233. The van der Waals surface area contributed by atoms with Crippen LogP contribution in [0.4, 0.5) is 5.82 Å². The predicted octanol–water partition coefficient (Wildman–Crippen LogP) is 6.88. The molecule has 4 heterocycles. The van der Waals surface area contributed by atoms with Crippen LogP contribution in [0.25, 0.3) is 33.0 Å². The Bertz CT molecular complexity index is 1900. The first kappa shape index (κ1) is 25.7. The zero-order chi connectivity index (χ0) is 28.1. The van der Waals surface area contributed by atoms with E-state index in [-0.39, 0.29) is 17.9 Å². The first-order chi connectivity index (χ1) is 19.9. The predicted molar refractivity (Wildman–Crippen MR) is 162 cm³/mol. The van der Waals surface area contributed by atoms with E-state index in [1.807, 2.05) is 54.3 Å². The van der Waals surface area contributed by atoms with Crippen LogP contribution in [-0.2, 0) is 0 Å². The second kappa shape index (κ2) is 10.3. The van der Waals surface area contributed by atoms with Crippen LogP contribution in [0, 0.1) is 0 Å². The summed E-state index contributed by atoms with van der Waals surface area (Å²) >= 11 is 12.9. The summed E-state index contributed by atoms with van der Waals surface area (Å²) in [5, 5.41) is 5.13. The number of aromatic nitrogens is 6. The summed E-state index contributed by atoms with van der Waals surface area (Å²) in [5.41, 5.74) is 4.69. The molecule has 0 spiro atoms. The van der Waals surface area contributed by atoms with E-state index in [1.54, 1.807) is 12.1 Å². The Hall–Kier alpha value is -4.21. The number of hydrogen-bond acceptors (Lipinski definition) is 6. The van der Waals surface area contributed by atoms with Gasteiger partial charge in [-0.25, -0.2) is 19.9 Å². The molecule has 11 heteroatoms. The van der Waals surface area contributed by atoms with E-state index in [9.17, 15) is 4.79 Å². The van der Waals surface area contributed by atoms with Crippen LogP contribution in [0.2, 0.25) is 10.0 Å². The average Bonchev–Trinajstić information content (AvgIpc) is 3.61. The van der Waals surface area contributed by atoms with Gasteiger partial charge in [0.1, 0.15) is 23.8 Å². The number of nitrogens with zero attached hydrogens (tertiary/aromatic N) is 5. The van der Waals surface area contributed by atoms with Crippen molar-refractivity contribution in [3.63, 3.8) is 0 Å². The van der Waals surface area contributed by atoms with Gasteiger partial charge in [-0.1, -0.05) is 35.3 Å². The Labute approximate surface area is 245 Å². The van der Waals surface area contributed by atoms with Crippen LogP contribution in [0.5, 0.6) is 0 Å². The van der Waals surface area contributed by atoms with E-state index in [1.165, 1.54) is 6.33 Å². The zero-order valence-electron chi connectivity index (χ0n) is 22.2. The summed E-state index contributed by atoms with van der Waals surface area (Å²) in [6.07, 6.45) is 3.34. The van der Waals surface area contributed by atoms with E-state index in [2.05, 4.69) is 30.2 Å². The highest BCUT2D eigenvalue weighted by Gasteiger charge is 2.29. The van der Waals surface area contributed by atoms with Crippen LogP contribution in [0.3, 0.4) is 0 Å². The maximum atomic E-state index is 13.7. The number of hydrogen-bond donors (Lipinski definition) is 3. The second-order valence-corrected chi connectivity index (χ2v) is 11.3. The van der Waals surface area contributed by atoms with Gasteiger partial charge in [0.15, 0.2) is 0 Å². The number of nitrogens with one attached hydrogen (secondary N) is 3. The Morgan fingerprint density at radius 2 is 1.85 bits per heavy atom. The smallest absolute Gasteiger partial charge is 0.255 e. The second-order valence-electron chi connectivity index (χ2n) is 10.5. The minimum atomic E-state index is -0.192. The normalized spacial score (nSPS) is 16.5. The van der Waals surface area contributed by atoms with Gasteiger partial charge in [-0.3, -0.25) is 4.79 Å². The molecule has 0 saturated carbocycles. The third-order valence-electron chi connectivity index (χ3n) is 7.68. The number of imidazole rings is 2. The van der Waals surface area contributed by atoms with Crippen molar-refractivity contribution in [2.24, 2.45) is 0 Å². The molecule has 0 aliphatic carbocycles. The molecule has 9 nitrogen and oxygen atoms in total. The lowest BCUT2D eigenvalue weighted by molar-refractivity contribution is 0.0705. The van der Waals surface area contributed by atoms with Gasteiger partial charge in [0.05, 0.1) is 44.2 Å². The molecule has 206 valence electrons. The van der Waals surface area contributed by atoms with Crippen molar-refractivity contribution in [3.05, 3.63) is 88.2 Å². The number of fused-ring (bicyclic) bond motifs is 3. The van der Waals surface area contributed by atoms with Crippen molar-refractivity contribution in [1.29, 1.82) is 0 Å². The summed E-state index contributed by atoms with van der Waals surface area (Å²) in [6.45, 7) is 3.23.